The molecule has 1 atom stereocenters. The van der Waals surface area contributed by atoms with Crippen LogP contribution in [0.15, 0.2) is 42.2 Å². The van der Waals surface area contributed by atoms with Gasteiger partial charge in [0.1, 0.15) is 10.8 Å². The van der Waals surface area contributed by atoms with Gasteiger partial charge in [-0.15, -0.1) is 11.3 Å². The van der Waals surface area contributed by atoms with Crippen LogP contribution in [0.4, 0.5) is 0 Å². The summed E-state index contributed by atoms with van der Waals surface area (Å²) in [7, 11) is 0. The summed E-state index contributed by atoms with van der Waals surface area (Å²) in [5, 5.41) is 7.81. The van der Waals surface area contributed by atoms with E-state index in [1.165, 1.54) is 10.7 Å². The highest BCUT2D eigenvalue weighted by atomic mass is 32.1. The van der Waals surface area contributed by atoms with E-state index in [1.54, 1.807) is 23.7 Å². The third-order valence-electron chi connectivity index (χ3n) is 4.33. The molecular formula is C18H21N5OS. The van der Waals surface area contributed by atoms with Gasteiger partial charge in [-0.1, -0.05) is 0 Å². The van der Waals surface area contributed by atoms with Crippen molar-refractivity contribution in [2.24, 2.45) is 0 Å². The van der Waals surface area contributed by atoms with E-state index < -0.39 is 0 Å². The second-order valence-corrected chi connectivity index (χ2v) is 7.24. The van der Waals surface area contributed by atoms with Crippen LogP contribution in [0.25, 0.3) is 0 Å². The summed E-state index contributed by atoms with van der Waals surface area (Å²) >= 11 is 1.74. The van der Waals surface area contributed by atoms with Crippen molar-refractivity contribution in [3.8, 4) is 5.75 Å². The fraction of sp³-hybridized carbons (Fsp3) is 0.389. The second-order valence-electron chi connectivity index (χ2n) is 6.30. The standard InChI is InChI=1S/C18H21N5OS/c1-14-13-25-18(21-14)12-22-10-15-4-7-20-23(15)16(11-22)5-8-24-17-3-2-6-19-9-17/h2-4,6-7,9,13,16H,5,8,10-12H2,1H3. The largest absolute Gasteiger partial charge is 0.492 e. The van der Waals surface area contributed by atoms with Crippen LogP contribution in [0.5, 0.6) is 5.75 Å². The molecule has 0 spiro atoms. The van der Waals surface area contributed by atoms with Crippen molar-refractivity contribution in [1.29, 1.82) is 0 Å². The van der Waals surface area contributed by atoms with E-state index in [2.05, 4.69) is 36.1 Å². The lowest BCUT2D eigenvalue weighted by atomic mass is 10.1. The first-order valence-electron chi connectivity index (χ1n) is 8.46. The molecule has 0 saturated carbocycles. The first-order chi connectivity index (χ1) is 12.3. The van der Waals surface area contributed by atoms with Crippen LogP contribution in [0, 0.1) is 6.92 Å². The van der Waals surface area contributed by atoms with Crippen LogP contribution in [0.1, 0.15) is 28.9 Å². The lowest BCUT2D eigenvalue weighted by Crippen LogP contribution is -2.37. The number of pyridine rings is 1. The Hall–Kier alpha value is -2.25. The quantitative estimate of drug-likeness (QED) is 0.680. The van der Waals surface area contributed by atoms with Gasteiger partial charge in [-0.3, -0.25) is 14.6 Å². The average molecular weight is 355 g/mol. The van der Waals surface area contributed by atoms with Crippen LogP contribution < -0.4 is 4.74 Å². The van der Waals surface area contributed by atoms with Gasteiger partial charge >= 0.3 is 0 Å². The van der Waals surface area contributed by atoms with E-state index in [-0.39, 0.29) is 0 Å². The smallest absolute Gasteiger partial charge is 0.137 e. The van der Waals surface area contributed by atoms with Gasteiger partial charge in [-0.2, -0.15) is 5.10 Å². The normalized spacial score (nSPS) is 17.4. The molecule has 4 heterocycles. The molecule has 25 heavy (non-hydrogen) atoms. The zero-order valence-corrected chi connectivity index (χ0v) is 15.0. The summed E-state index contributed by atoms with van der Waals surface area (Å²) in [6, 6.07) is 6.24. The van der Waals surface area contributed by atoms with Gasteiger partial charge in [-0.05, 0) is 25.1 Å². The molecule has 6 nitrogen and oxygen atoms in total. The Bertz CT molecular complexity index is 816. The maximum atomic E-state index is 5.82. The van der Waals surface area contributed by atoms with E-state index in [0.29, 0.717) is 12.6 Å². The maximum absolute atomic E-state index is 5.82. The van der Waals surface area contributed by atoms with Crippen LogP contribution in [0.3, 0.4) is 0 Å². The Morgan fingerprint density at radius 2 is 2.28 bits per heavy atom. The average Bonchev–Trinajstić information content (AvgIpc) is 3.25. The van der Waals surface area contributed by atoms with E-state index in [0.717, 1.165) is 37.5 Å². The molecule has 0 fully saturated rings. The molecule has 0 saturated heterocycles. The van der Waals surface area contributed by atoms with Gasteiger partial charge in [0.15, 0.2) is 0 Å². The van der Waals surface area contributed by atoms with E-state index in [1.807, 2.05) is 25.3 Å². The van der Waals surface area contributed by atoms with Crippen LogP contribution in [-0.2, 0) is 13.1 Å². The molecule has 0 N–H and O–H groups in total. The number of thiazole rings is 1. The Balaban J connectivity index is 1.40. The van der Waals surface area contributed by atoms with Gasteiger partial charge in [-0.25, -0.2) is 4.98 Å². The molecule has 0 aromatic carbocycles. The van der Waals surface area contributed by atoms with Crippen LogP contribution >= 0.6 is 11.3 Å². The highest BCUT2D eigenvalue weighted by molar-refractivity contribution is 7.09. The Kier molecular flexibility index (Phi) is 4.76. The highest BCUT2D eigenvalue weighted by Crippen LogP contribution is 2.25. The number of aryl methyl sites for hydroxylation is 1. The van der Waals surface area contributed by atoms with Crippen LogP contribution in [-0.4, -0.2) is 37.8 Å². The molecule has 1 aliphatic rings. The number of aromatic nitrogens is 4. The lowest BCUT2D eigenvalue weighted by molar-refractivity contribution is 0.147. The second kappa shape index (κ2) is 7.33. The van der Waals surface area contributed by atoms with Crippen molar-refractivity contribution in [3.63, 3.8) is 0 Å². The third-order valence-corrected chi connectivity index (χ3v) is 5.28. The number of hydrogen-bond acceptors (Lipinski definition) is 6. The minimum atomic E-state index is 0.316. The number of hydrogen-bond donors (Lipinski definition) is 0. The lowest BCUT2D eigenvalue weighted by Gasteiger charge is -2.33. The molecule has 1 unspecified atom stereocenters. The first-order valence-corrected chi connectivity index (χ1v) is 9.34. The zero-order chi connectivity index (χ0) is 17.1. The molecular weight excluding hydrogens is 334 g/mol. The summed E-state index contributed by atoms with van der Waals surface area (Å²) in [4.78, 5) is 11.1. The van der Waals surface area contributed by atoms with Crippen molar-refractivity contribution in [2.75, 3.05) is 13.2 Å². The third kappa shape index (κ3) is 3.88. The molecule has 3 aromatic heterocycles. The van der Waals surface area contributed by atoms with Crippen LogP contribution in [0.2, 0.25) is 0 Å². The highest BCUT2D eigenvalue weighted by Gasteiger charge is 2.26. The summed E-state index contributed by atoms with van der Waals surface area (Å²) in [6.07, 6.45) is 6.30. The van der Waals surface area contributed by atoms with Crippen molar-refractivity contribution in [3.05, 3.63) is 58.6 Å². The predicted molar refractivity (Wildman–Crippen MR) is 96.6 cm³/mol. The summed E-state index contributed by atoms with van der Waals surface area (Å²) < 4.78 is 7.97. The minimum absolute atomic E-state index is 0.316. The predicted octanol–water partition coefficient (Wildman–Crippen LogP) is 3.07. The molecule has 3 aromatic rings. The Labute approximate surface area is 151 Å². The molecule has 1 aliphatic heterocycles. The Morgan fingerprint density at radius 1 is 1.32 bits per heavy atom. The van der Waals surface area contributed by atoms with Crippen molar-refractivity contribution >= 4 is 11.3 Å². The summed E-state index contributed by atoms with van der Waals surface area (Å²) in [5.74, 6) is 0.814. The molecule has 0 amide bonds. The number of nitrogens with zero attached hydrogens (tertiary/aromatic N) is 5. The van der Waals surface area contributed by atoms with Crippen molar-refractivity contribution in [2.45, 2.75) is 32.5 Å². The van der Waals surface area contributed by atoms with Gasteiger partial charge in [0.25, 0.3) is 0 Å². The van der Waals surface area contributed by atoms with Gasteiger partial charge in [0.2, 0.25) is 0 Å². The Morgan fingerprint density at radius 3 is 3.08 bits per heavy atom. The van der Waals surface area contributed by atoms with E-state index >= 15 is 0 Å². The SMILES string of the molecule is Cc1csc(CN2Cc3ccnn3C(CCOc3cccnc3)C2)n1. The molecule has 0 bridgehead atoms. The number of rotatable bonds is 6. The maximum Gasteiger partial charge on any atom is 0.137 e. The first kappa shape index (κ1) is 16.2. The minimum Gasteiger partial charge on any atom is -0.492 e. The van der Waals surface area contributed by atoms with E-state index in [9.17, 15) is 0 Å². The molecule has 7 heteroatoms. The number of fused-ring (bicyclic) bond motifs is 1. The monoisotopic (exact) mass is 355 g/mol. The van der Waals surface area contributed by atoms with E-state index in [4.69, 9.17) is 4.74 Å². The number of ether oxygens (including phenoxy) is 1. The topological polar surface area (TPSA) is 56.1 Å². The molecule has 4 rings (SSSR count). The van der Waals surface area contributed by atoms with Gasteiger partial charge in [0.05, 0.1) is 31.1 Å². The van der Waals surface area contributed by atoms with Gasteiger partial charge < -0.3 is 4.74 Å². The van der Waals surface area contributed by atoms with Crippen molar-refractivity contribution < 1.29 is 4.74 Å². The fourth-order valence-corrected chi connectivity index (χ4v) is 4.02. The van der Waals surface area contributed by atoms with Crippen molar-refractivity contribution in [1.82, 2.24) is 24.6 Å². The fourth-order valence-electron chi connectivity index (χ4n) is 3.21. The molecule has 0 radical (unpaired) electrons. The summed E-state index contributed by atoms with van der Waals surface area (Å²) in [5.41, 5.74) is 2.36. The zero-order valence-electron chi connectivity index (χ0n) is 14.2. The summed E-state index contributed by atoms with van der Waals surface area (Å²) in [6.45, 7) is 5.47. The molecule has 0 aliphatic carbocycles. The molecule has 130 valence electrons. The van der Waals surface area contributed by atoms with Gasteiger partial charge in [0, 0.05) is 43.0 Å².